The van der Waals surface area contributed by atoms with Crippen LogP contribution in [0, 0.1) is 13.8 Å². The largest absolute Gasteiger partial charge is 0.480 e. The number of carbonyl (C=O) groups is 1. The van der Waals surface area contributed by atoms with E-state index in [2.05, 4.69) is 10.1 Å². The van der Waals surface area contributed by atoms with Crippen molar-refractivity contribution in [2.45, 2.75) is 33.4 Å². The van der Waals surface area contributed by atoms with Crippen LogP contribution in [-0.2, 0) is 11.3 Å². The smallest absolute Gasteiger partial charge is 0.320 e. The molecule has 0 radical (unpaired) electrons. The lowest BCUT2D eigenvalue weighted by atomic mass is 10.1. The van der Waals surface area contributed by atoms with E-state index in [1.807, 2.05) is 18.7 Å². The van der Waals surface area contributed by atoms with Gasteiger partial charge in [0.15, 0.2) is 0 Å². The zero-order valence-electron chi connectivity index (χ0n) is 11.7. The summed E-state index contributed by atoms with van der Waals surface area (Å²) in [7, 11) is 0. The van der Waals surface area contributed by atoms with Gasteiger partial charge < -0.3 is 9.63 Å². The molecule has 0 aromatic carbocycles. The Morgan fingerprint density at radius 2 is 2.00 bits per heavy atom. The minimum absolute atomic E-state index is 0.402. The molecule has 1 aromatic heterocycles. The lowest BCUT2D eigenvalue weighted by Gasteiger charge is -2.36. The lowest BCUT2D eigenvalue weighted by molar-refractivity contribution is -0.143. The molecule has 0 bridgehead atoms. The van der Waals surface area contributed by atoms with Crippen molar-refractivity contribution >= 4 is 5.97 Å². The summed E-state index contributed by atoms with van der Waals surface area (Å²) in [6, 6.07) is -0.402. The van der Waals surface area contributed by atoms with Gasteiger partial charge in [0.1, 0.15) is 11.8 Å². The van der Waals surface area contributed by atoms with E-state index in [9.17, 15) is 4.79 Å². The third-order valence-electron chi connectivity index (χ3n) is 3.87. The van der Waals surface area contributed by atoms with Crippen molar-refractivity contribution in [1.82, 2.24) is 15.0 Å². The average molecular weight is 267 g/mol. The van der Waals surface area contributed by atoms with Gasteiger partial charge in [0.25, 0.3) is 0 Å². The maximum absolute atomic E-state index is 10.9. The number of carboxylic acid groups (broad SMARTS) is 1. The third-order valence-corrected chi connectivity index (χ3v) is 3.87. The van der Waals surface area contributed by atoms with E-state index in [-0.39, 0.29) is 0 Å². The van der Waals surface area contributed by atoms with Crippen molar-refractivity contribution in [1.29, 1.82) is 0 Å². The summed E-state index contributed by atoms with van der Waals surface area (Å²) in [5.41, 5.74) is 2.10. The van der Waals surface area contributed by atoms with Crippen LogP contribution in [-0.4, -0.2) is 58.3 Å². The molecule has 0 spiro atoms. The standard InChI is InChI=1S/C13H21N3O3/c1-9-12(11(3)19-14-9)8-15-4-6-16(7-5-15)10(2)13(17)18/h10H,4-8H2,1-3H3,(H,17,18)/t10-/m0/s1. The highest BCUT2D eigenvalue weighted by molar-refractivity contribution is 5.72. The van der Waals surface area contributed by atoms with Crippen molar-refractivity contribution in [2.75, 3.05) is 26.2 Å². The first-order valence-corrected chi connectivity index (χ1v) is 6.60. The summed E-state index contributed by atoms with van der Waals surface area (Å²) in [6.45, 7) is 9.78. The molecule has 1 N–H and O–H groups in total. The minimum atomic E-state index is -0.751. The fraction of sp³-hybridized carbons (Fsp3) is 0.692. The SMILES string of the molecule is Cc1noc(C)c1CN1CCN([C@@H](C)C(=O)O)CC1. The van der Waals surface area contributed by atoms with Crippen molar-refractivity contribution in [3.63, 3.8) is 0 Å². The molecule has 1 fully saturated rings. The van der Waals surface area contributed by atoms with Gasteiger partial charge in [0, 0.05) is 38.3 Å². The van der Waals surface area contributed by atoms with Gasteiger partial charge in [0.2, 0.25) is 0 Å². The van der Waals surface area contributed by atoms with Gasteiger partial charge in [-0.25, -0.2) is 0 Å². The van der Waals surface area contributed by atoms with Crippen LogP contribution in [0.1, 0.15) is 23.9 Å². The summed E-state index contributed by atoms with van der Waals surface area (Å²) in [4.78, 5) is 15.3. The number of aliphatic carboxylic acids is 1. The highest BCUT2D eigenvalue weighted by atomic mass is 16.5. The summed E-state index contributed by atoms with van der Waals surface area (Å²) < 4.78 is 5.16. The minimum Gasteiger partial charge on any atom is -0.480 e. The summed E-state index contributed by atoms with van der Waals surface area (Å²) >= 11 is 0. The zero-order valence-corrected chi connectivity index (χ0v) is 11.7. The van der Waals surface area contributed by atoms with Crippen LogP contribution in [0.4, 0.5) is 0 Å². The second-order valence-corrected chi connectivity index (χ2v) is 5.13. The van der Waals surface area contributed by atoms with E-state index in [1.165, 1.54) is 0 Å². The van der Waals surface area contributed by atoms with E-state index in [0.717, 1.165) is 49.7 Å². The molecule has 6 nitrogen and oxygen atoms in total. The summed E-state index contributed by atoms with van der Waals surface area (Å²) in [5, 5.41) is 13.0. The third kappa shape index (κ3) is 3.13. The number of nitrogens with zero attached hydrogens (tertiary/aromatic N) is 3. The molecule has 1 aliphatic heterocycles. The van der Waals surface area contributed by atoms with Gasteiger partial charge in [-0.2, -0.15) is 0 Å². The number of aromatic nitrogens is 1. The van der Waals surface area contributed by atoms with Crippen molar-refractivity contribution in [3.8, 4) is 0 Å². The number of carboxylic acids is 1. The molecular formula is C13H21N3O3. The molecule has 1 saturated heterocycles. The topological polar surface area (TPSA) is 69.8 Å². The molecule has 2 rings (SSSR count). The summed E-state index contributed by atoms with van der Waals surface area (Å²) in [5.74, 6) is 0.123. The first kappa shape index (κ1) is 14.0. The monoisotopic (exact) mass is 267 g/mol. The second-order valence-electron chi connectivity index (χ2n) is 5.13. The molecule has 0 saturated carbocycles. The molecule has 6 heteroatoms. The number of aryl methyl sites for hydroxylation is 2. The second kappa shape index (κ2) is 5.71. The Balaban J connectivity index is 1.89. The highest BCUT2D eigenvalue weighted by Crippen LogP contribution is 2.16. The van der Waals surface area contributed by atoms with Gasteiger partial charge in [-0.15, -0.1) is 0 Å². The molecule has 2 heterocycles. The Morgan fingerprint density at radius 3 is 2.47 bits per heavy atom. The fourth-order valence-electron chi connectivity index (χ4n) is 2.42. The molecular weight excluding hydrogens is 246 g/mol. The first-order valence-electron chi connectivity index (χ1n) is 6.60. The summed E-state index contributed by atoms with van der Waals surface area (Å²) in [6.07, 6.45) is 0. The number of hydrogen-bond acceptors (Lipinski definition) is 5. The maximum atomic E-state index is 10.9. The van der Waals surface area contributed by atoms with Crippen LogP contribution in [0.25, 0.3) is 0 Å². The van der Waals surface area contributed by atoms with Crippen LogP contribution >= 0.6 is 0 Å². The number of rotatable bonds is 4. The predicted molar refractivity (Wildman–Crippen MR) is 69.9 cm³/mol. The normalized spacial score (nSPS) is 19.5. The zero-order chi connectivity index (χ0) is 14.0. The molecule has 0 amide bonds. The van der Waals surface area contributed by atoms with E-state index in [4.69, 9.17) is 9.63 Å². The van der Waals surface area contributed by atoms with Crippen LogP contribution in [0.3, 0.4) is 0 Å². The highest BCUT2D eigenvalue weighted by Gasteiger charge is 2.25. The molecule has 1 aliphatic rings. The van der Waals surface area contributed by atoms with E-state index < -0.39 is 12.0 Å². The fourth-order valence-corrected chi connectivity index (χ4v) is 2.42. The van der Waals surface area contributed by atoms with Gasteiger partial charge in [-0.3, -0.25) is 14.6 Å². The van der Waals surface area contributed by atoms with E-state index in [0.29, 0.717) is 0 Å². The Bertz CT molecular complexity index is 430. The molecule has 0 aliphatic carbocycles. The Morgan fingerprint density at radius 1 is 1.37 bits per heavy atom. The quantitative estimate of drug-likeness (QED) is 0.873. The van der Waals surface area contributed by atoms with E-state index >= 15 is 0 Å². The number of hydrogen-bond donors (Lipinski definition) is 1. The van der Waals surface area contributed by atoms with Gasteiger partial charge in [-0.1, -0.05) is 5.16 Å². The van der Waals surface area contributed by atoms with Crippen LogP contribution in [0.15, 0.2) is 4.52 Å². The lowest BCUT2D eigenvalue weighted by Crippen LogP contribution is -2.51. The van der Waals surface area contributed by atoms with Crippen LogP contribution in [0.2, 0.25) is 0 Å². The van der Waals surface area contributed by atoms with Crippen LogP contribution in [0.5, 0.6) is 0 Å². The van der Waals surface area contributed by atoms with Crippen molar-refractivity contribution in [3.05, 3.63) is 17.0 Å². The molecule has 0 unspecified atom stereocenters. The molecule has 1 atom stereocenters. The van der Waals surface area contributed by atoms with Gasteiger partial charge >= 0.3 is 5.97 Å². The van der Waals surface area contributed by atoms with Gasteiger partial charge in [0.05, 0.1) is 5.69 Å². The first-order chi connectivity index (χ1) is 8.99. The predicted octanol–water partition coefficient (Wildman–Crippen LogP) is 0.882. The van der Waals surface area contributed by atoms with Crippen molar-refractivity contribution in [2.24, 2.45) is 0 Å². The molecule has 106 valence electrons. The van der Waals surface area contributed by atoms with E-state index in [1.54, 1.807) is 6.92 Å². The maximum Gasteiger partial charge on any atom is 0.320 e. The van der Waals surface area contributed by atoms with Crippen LogP contribution < -0.4 is 0 Å². The molecule has 19 heavy (non-hydrogen) atoms. The Labute approximate surface area is 113 Å². The van der Waals surface area contributed by atoms with Gasteiger partial charge in [-0.05, 0) is 20.8 Å². The molecule has 1 aromatic rings. The Kier molecular flexibility index (Phi) is 4.21. The number of piperazine rings is 1. The Hall–Kier alpha value is -1.40. The van der Waals surface area contributed by atoms with Crippen molar-refractivity contribution < 1.29 is 14.4 Å². The average Bonchev–Trinajstić information content (AvgIpc) is 2.70.